The molecule has 2 aromatic rings. The van der Waals surface area contributed by atoms with Crippen molar-refractivity contribution < 1.29 is 18.3 Å². The first-order valence-corrected chi connectivity index (χ1v) is 9.49. The number of carboxylic acid groups (broad SMARTS) is 1. The zero-order valence-electron chi connectivity index (χ0n) is 13.3. The lowest BCUT2D eigenvalue weighted by Crippen LogP contribution is -2.30. The van der Waals surface area contributed by atoms with Crippen molar-refractivity contribution in [2.24, 2.45) is 0 Å². The van der Waals surface area contributed by atoms with Gasteiger partial charge in [-0.2, -0.15) is 0 Å². The van der Waals surface area contributed by atoms with Crippen molar-refractivity contribution in [3.63, 3.8) is 0 Å². The van der Waals surface area contributed by atoms with E-state index in [0.29, 0.717) is 19.6 Å². The molecule has 0 unspecified atom stereocenters. The van der Waals surface area contributed by atoms with Crippen LogP contribution in [0, 0.1) is 0 Å². The van der Waals surface area contributed by atoms with Gasteiger partial charge >= 0.3 is 5.97 Å². The Morgan fingerprint density at radius 2 is 1.33 bits per heavy atom. The van der Waals surface area contributed by atoms with Gasteiger partial charge in [0.05, 0.1) is 5.75 Å². The number of sulfone groups is 1. The van der Waals surface area contributed by atoms with E-state index in [1.165, 1.54) is 0 Å². The maximum atomic E-state index is 11.8. The molecule has 0 radical (unpaired) electrons. The highest BCUT2D eigenvalue weighted by Crippen LogP contribution is 2.10. The smallest absolute Gasteiger partial charge is 0.318 e. The average molecular weight is 347 g/mol. The lowest BCUT2D eigenvalue weighted by Gasteiger charge is -2.22. The second-order valence-corrected chi connectivity index (χ2v) is 7.85. The number of hydrogen-bond donors (Lipinski definition) is 1. The standard InChI is InChI=1S/C18H21NO4S/c20-18(21)15-24(22,23)12-11-19(13-16-7-3-1-4-8-16)14-17-9-5-2-6-10-17/h1-10H,11-15H2,(H,20,21). The van der Waals surface area contributed by atoms with Crippen LogP contribution in [-0.4, -0.2) is 42.4 Å². The lowest BCUT2D eigenvalue weighted by molar-refractivity contribution is -0.134. The Kier molecular flexibility index (Phi) is 6.52. The van der Waals surface area contributed by atoms with Crippen molar-refractivity contribution in [2.75, 3.05) is 18.1 Å². The Balaban J connectivity index is 2.06. The lowest BCUT2D eigenvalue weighted by atomic mass is 10.1. The normalized spacial score (nSPS) is 11.5. The van der Waals surface area contributed by atoms with E-state index in [1.807, 2.05) is 65.6 Å². The summed E-state index contributed by atoms with van der Waals surface area (Å²) in [7, 11) is -3.60. The fourth-order valence-corrected chi connectivity index (χ4v) is 3.48. The molecular weight excluding hydrogens is 326 g/mol. The van der Waals surface area contributed by atoms with Gasteiger partial charge in [0.25, 0.3) is 0 Å². The van der Waals surface area contributed by atoms with Gasteiger partial charge in [0.15, 0.2) is 9.84 Å². The van der Waals surface area contributed by atoms with Crippen LogP contribution >= 0.6 is 0 Å². The summed E-state index contributed by atoms with van der Waals surface area (Å²) in [6.45, 7) is 1.51. The van der Waals surface area contributed by atoms with Gasteiger partial charge in [-0.05, 0) is 11.1 Å². The molecule has 0 saturated heterocycles. The van der Waals surface area contributed by atoms with E-state index < -0.39 is 21.6 Å². The zero-order valence-corrected chi connectivity index (χ0v) is 14.2. The number of rotatable bonds is 9. The molecule has 0 fully saturated rings. The molecule has 0 bridgehead atoms. The summed E-state index contributed by atoms with van der Waals surface area (Å²) in [4.78, 5) is 12.7. The van der Waals surface area contributed by atoms with Crippen molar-refractivity contribution in [1.29, 1.82) is 0 Å². The maximum absolute atomic E-state index is 11.8. The third-order valence-electron chi connectivity index (χ3n) is 3.56. The molecule has 0 heterocycles. The fourth-order valence-electron chi connectivity index (χ4n) is 2.43. The number of carboxylic acids is 1. The van der Waals surface area contributed by atoms with E-state index in [0.717, 1.165) is 11.1 Å². The van der Waals surface area contributed by atoms with Gasteiger partial charge in [-0.15, -0.1) is 0 Å². The number of aliphatic carboxylic acids is 1. The molecule has 0 aromatic heterocycles. The summed E-state index contributed by atoms with van der Waals surface area (Å²) in [5.41, 5.74) is 2.17. The molecule has 6 heteroatoms. The van der Waals surface area contributed by atoms with E-state index in [1.54, 1.807) is 0 Å². The Morgan fingerprint density at radius 1 is 0.875 bits per heavy atom. The SMILES string of the molecule is O=C(O)CS(=O)(=O)CCN(Cc1ccccc1)Cc1ccccc1. The molecule has 0 aliphatic rings. The van der Waals surface area contributed by atoms with E-state index in [-0.39, 0.29) is 5.75 Å². The van der Waals surface area contributed by atoms with Crippen LogP contribution in [0.1, 0.15) is 11.1 Å². The van der Waals surface area contributed by atoms with Crippen LogP contribution in [0.4, 0.5) is 0 Å². The fraction of sp³-hybridized carbons (Fsp3) is 0.278. The number of hydrogen-bond acceptors (Lipinski definition) is 4. The molecule has 0 aliphatic carbocycles. The Bertz CT molecular complexity index is 704. The first-order valence-electron chi connectivity index (χ1n) is 7.67. The summed E-state index contributed by atoms with van der Waals surface area (Å²) in [6.07, 6.45) is 0. The summed E-state index contributed by atoms with van der Waals surface area (Å²) < 4.78 is 23.7. The predicted octanol–water partition coefficient (Wildman–Crippen LogP) is 2.19. The van der Waals surface area contributed by atoms with E-state index in [4.69, 9.17) is 5.11 Å². The average Bonchev–Trinajstić information content (AvgIpc) is 2.53. The van der Waals surface area contributed by atoms with Crippen LogP contribution in [0.15, 0.2) is 60.7 Å². The van der Waals surface area contributed by atoms with Crippen LogP contribution in [0.2, 0.25) is 0 Å². The van der Waals surface area contributed by atoms with Crippen molar-refractivity contribution in [3.8, 4) is 0 Å². The van der Waals surface area contributed by atoms with Crippen LogP contribution in [0.5, 0.6) is 0 Å². The molecule has 24 heavy (non-hydrogen) atoms. The Morgan fingerprint density at radius 3 is 1.75 bits per heavy atom. The highest BCUT2D eigenvalue weighted by molar-refractivity contribution is 7.92. The van der Waals surface area contributed by atoms with Gasteiger partial charge in [0.2, 0.25) is 0 Å². The second kappa shape index (κ2) is 8.61. The summed E-state index contributed by atoms with van der Waals surface area (Å²) >= 11 is 0. The first-order chi connectivity index (χ1) is 11.4. The van der Waals surface area contributed by atoms with Gasteiger partial charge in [0.1, 0.15) is 5.75 Å². The van der Waals surface area contributed by atoms with Gasteiger partial charge in [-0.25, -0.2) is 8.42 Å². The molecule has 2 rings (SSSR count). The topological polar surface area (TPSA) is 74.7 Å². The summed E-state index contributed by atoms with van der Waals surface area (Å²) in [5, 5.41) is 8.69. The van der Waals surface area contributed by atoms with E-state index in [9.17, 15) is 13.2 Å². The summed E-state index contributed by atoms with van der Waals surface area (Å²) in [5.74, 6) is -2.30. The molecular formula is C18H21NO4S. The van der Waals surface area contributed by atoms with Crippen LogP contribution in [0.3, 0.4) is 0 Å². The number of carbonyl (C=O) groups is 1. The number of nitrogens with zero attached hydrogens (tertiary/aromatic N) is 1. The molecule has 5 nitrogen and oxygen atoms in total. The van der Waals surface area contributed by atoms with Gasteiger partial charge in [0, 0.05) is 19.6 Å². The van der Waals surface area contributed by atoms with Crippen molar-refractivity contribution in [1.82, 2.24) is 4.90 Å². The third-order valence-corrected chi connectivity index (χ3v) is 5.05. The van der Waals surface area contributed by atoms with Crippen molar-refractivity contribution in [3.05, 3.63) is 71.8 Å². The van der Waals surface area contributed by atoms with Crippen molar-refractivity contribution in [2.45, 2.75) is 13.1 Å². The van der Waals surface area contributed by atoms with E-state index >= 15 is 0 Å². The van der Waals surface area contributed by atoms with Crippen LogP contribution in [0.25, 0.3) is 0 Å². The quantitative estimate of drug-likeness (QED) is 0.753. The minimum Gasteiger partial charge on any atom is -0.480 e. The molecule has 0 atom stereocenters. The molecule has 1 N–H and O–H groups in total. The van der Waals surface area contributed by atoms with Crippen molar-refractivity contribution >= 4 is 15.8 Å². The molecule has 0 amide bonds. The van der Waals surface area contributed by atoms with Gasteiger partial charge in [-0.1, -0.05) is 60.7 Å². The predicted molar refractivity (Wildman–Crippen MR) is 93.3 cm³/mol. The molecule has 0 aliphatic heterocycles. The molecule has 0 saturated carbocycles. The Hall–Kier alpha value is -2.18. The highest BCUT2D eigenvalue weighted by atomic mass is 32.2. The van der Waals surface area contributed by atoms with Crippen LogP contribution in [-0.2, 0) is 27.7 Å². The second-order valence-electron chi connectivity index (χ2n) is 5.67. The minimum atomic E-state index is -3.60. The summed E-state index contributed by atoms with van der Waals surface area (Å²) in [6, 6.07) is 19.6. The van der Waals surface area contributed by atoms with Gasteiger partial charge in [-0.3, -0.25) is 9.69 Å². The maximum Gasteiger partial charge on any atom is 0.318 e. The number of benzene rings is 2. The minimum absolute atomic E-state index is 0.168. The molecule has 0 spiro atoms. The largest absolute Gasteiger partial charge is 0.480 e. The highest BCUT2D eigenvalue weighted by Gasteiger charge is 2.18. The molecule has 2 aromatic carbocycles. The van der Waals surface area contributed by atoms with Crippen LogP contribution < -0.4 is 0 Å². The Labute approximate surface area is 142 Å². The monoisotopic (exact) mass is 347 g/mol. The zero-order chi connectivity index (χ0) is 17.4. The third kappa shape index (κ3) is 6.52. The first kappa shape index (κ1) is 18.2. The molecule has 128 valence electrons. The van der Waals surface area contributed by atoms with Gasteiger partial charge < -0.3 is 5.11 Å². The van der Waals surface area contributed by atoms with E-state index in [2.05, 4.69) is 0 Å².